The van der Waals surface area contributed by atoms with E-state index in [0.717, 1.165) is 5.69 Å². The molecule has 0 aliphatic heterocycles. The zero-order valence-electron chi connectivity index (χ0n) is 15.0. The molecular formula is C23H23NO2. The molecule has 0 saturated heterocycles. The molecule has 0 spiro atoms. The van der Waals surface area contributed by atoms with Gasteiger partial charge in [-0.05, 0) is 30.2 Å². The fourth-order valence-electron chi connectivity index (χ4n) is 2.96. The Morgan fingerprint density at radius 2 is 1.27 bits per heavy atom. The number of carbonyl (C=O) groups is 1. The van der Waals surface area contributed by atoms with Crippen molar-refractivity contribution < 1.29 is 9.53 Å². The average Bonchev–Trinajstić information content (AvgIpc) is 2.69. The van der Waals surface area contributed by atoms with Crippen LogP contribution in [0.5, 0.6) is 0 Å². The third-order valence-electron chi connectivity index (χ3n) is 4.17. The van der Waals surface area contributed by atoms with Crippen molar-refractivity contribution >= 4 is 11.7 Å². The quantitative estimate of drug-likeness (QED) is 0.560. The minimum absolute atomic E-state index is 0.283. The summed E-state index contributed by atoms with van der Waals surface area (Å²) in [5.74, 6) is -0.283. The standard InChI is InChI=1S/C23H23NO2/c1-2-26-23(25)21-15-9-10-16-22(21)24(17-19-11-5-3-6-12-19)18-20-13-7-4-8-14-20/h3-16H,2,17-18H2,1H3. The van der Waals surface area contributed by atoms with Crippen molar-refractivity contribution in [3.8, 4) is 0 Å². The van der Waals surface area contributed by atoms with E-state index in [1.807, 2.05) is 67.6 Å². The lowest BCUT2D eigenvalue weighted by Crippen LogP contribution is -2.24. The van der Waals surface area contributed by atoms with Crippen molar-refractivity contribution in [3.05, 3.63) is 102 Å². The molecule has 3 aromatic rings. The van der Waals surface area contributed by atoms with E-state index in [9.17, 15) is 4.79 Å². The molecule has 0 saturated carbocycles. The number of esters is 1. The van der Waals surface area contributed by atoms with Crippen LogP contribution in [0.3, 0.4) is 0 Å². The van der Waals surface area contributed by atoms with Gasteiger partial charge in [-0.2, -0.15) is 0 Å². The van der Waals surface area contributed by atoms with E-state index in [1.54, 1.807) is 0 Å². The fourth-order valence-corrected chi connectivity index (χ4v) is 2.96. The molecule has 0 fully saturated rings. The zero-order chi connectivity index (χ0) is 18.2. The summed E-state index contributed by atoms with van der Waals surface area (Å²) >= 11 is 0. The molecule has 0 amide bonds. The summed E-state index contributed by atoms with van der Waals surface area (Å²) in [6, 6.07) is 28.2. The molecule has 0 aromatic heterocycles. The molecule has 0 bridgehead atoms. The minimum atomic E-state index is -0.283. The first-order chi connectivity index (χ1) is 12.8. The van der Waals surface area contributed by atoms with E-state index in [-0.39, 0.29) is 5.97 Å². The van der Waals surface area contributed by atoms with Crippen LogP contribution in [0.25, 0.3) is 0 Å². The maximum absolute atomic E-state index is 12.4. The molecule has 3 aromatic carbocycles. The first-order valence-corrected chi connectivity index (χ1v) is 8.87. The molecule has 0 radical (unpaired) electrons. The molecule has 3 nitrogen and oxygen atoms in total. The Bertz CT molecular complexity index is 790. The van der Waals surface area contributed by atoms with Crippen molar-refractivity contribution in [2.75, 3.05) is 11.5 Å². The molecule has 0 unspecified atom stereocenters. The Balaban J connectivity index is 1.96. The third kappa shape index (κ3) is 4.51. The maximum atomic E-state index is 12.4. The first-order valence-electron chi connectivity index (χ1n) is 8.87. The largest absolute Gasteiger partial charge is 0.462 e. The molecule has 0 N–H and O–H groups in total. The number of para-hydroxylation sites is 1. The van der Waals surface area contributed by atoms with E-state index < -0.39 is 0 Å². The summed E-state index contributed by atoms with van der Waals surface area (Å²) < 4.78 is 5.25. The van der Waals surface area contributed by atoms with Gasteiger partial charge in [0.1, 0.15) is 0 Å². The smallest absolute Gasteiger partial charge is 0.340 e. The fraction of sp³-hybridized carbons (Fsp3) is 0.174. The van der Waals surface area contributed by atoms with E-state index in [0.29, 0.717) is 25.3 Å². The van der Waals surface area contributed by atoms with Crippen molar-refractivity contribution in [2.45, 2.75) is 20.0 Å². The highest BCUT2D eigenvalue weighted by Gasteiger charge is 2.17. The van der Waals surface area contributed by atoms with Crippen LogP contribution in [0.1, 0.15) is 28.4 Å². The number of carbonyl (C=O) groups excluding carboxylic acids is 1. The van der Waals surface area contributed by atoms with Gasteiger partial charge in [-0.1, -0.05) is 72.8 Å². The Kier molecular flexibility index (Phi) is 6.05. The normalized spacial score (nSPS) is 10.3. The number of hydrogen-bond donors (Lipinski definition) is 0. The Hall–Kier alpha value is -3.07. The van der Waals surface area contributed by atoms with Crippen LogP contribution in [0.15, 0.2) is 84.9 Å². The monoisotopic (exact) mass is 345 g/mol. The van der Waals surface area contributed by atoms with Crippen molar-refractivity contribution in [2.24, 2.45) is 0 Å². The van der Waals surface area contributed by atoms with Crippen molar-refractivity contribution in [3.63, 3.8) is 0 Å². The molecule has 0 atom stereocenters. The lowest BCUT2D eigenvalue weighted by molar-refractivity contribution is 0.0527. The van der Waals surface area contributed by atoms with Crippen LogP contribution in [0, 0.1) is 0 Å². The SMILES string of the molecule is CCOC(=O)c1ccccc1N(Cc1ccccc1)Cc1ccccc1. The van der Waals surface area contributed by atoms with Gasteiger partial charge in [0.2, 0.25) is 0 Å². The highest BCUT2D eigenvalue weighted by molar-refractivity contribution is 5.95. The van der Waals surface area contributed by atoms with Gasteiger partial charge in [0.05, 0.1) is 17.9 Å². The second-order valence-electron chi connectivity index (χ2n) is 6.06. The average molecular weight is 345 g/mol. The molecule has 0 heterocycles. The van der Waals surface area contributed by atoms with Crippen molar-refractivity contribution in [1.29, 1.82) is 0 Å². The van der Waals surface area contributed by atoms with Gasteiger partial charge in [0.15, 0.2) is 0 Å². The highest BCUT2D eigenvalue weighted by atomic mass is 16.5. The minimum Gasteiger partial charge on any atom is -0.462 e. The van der Waals surface area contributed by atoms with E-state index in [1.165, 1.54) is 11.1 Å². The topological polar surface area (TPSA) is 29.5 Å². The van der Waals surface area contributed by atoms with E-state index in [4.69, 9.17) is 4.74 Å². The van der Waals surface area contributed by atoms with Gasteiger partial charge in [0, 0.05) is 13.1 Å². The van der Waals surface area contributed by atoms with E-state index in [2.05, 4.69) is 29.2 Å². The predicted molar refractivity (Wildman–Crippen MR) is 105 cm³/mol. The molecule has 0 aliphatic rings. The van der Waals surface area contributed by atoms with Gasteiger partial charge in [0.25, 0.3) is 0 Å². The summed E-state index contributed by atoms with van der Waals surface area (Å²) in [5.41, 5.74) is 3.88. The van der Waals surface area contributed by atoms with Crippen LogP contribution in [0.4, 0.5) is 5.69 Å². The van der Waals surface area contributed by atoms with Crippen LogP contribution in [-0.4, -0.2) is 12.6 Å². The second-order valence-corrected chi connectivity index (χ2v) is 6.06. The van der Waals surface area contributed by atoms with Gasteiger partial charge < -0.3 is 9.64 Å². The van der Waals surface area contributed by atoms with Gasteiger partial charge in [-0.15, -0.1) is 0 Å². The Morgan fingerprint density at radius 3 is 1.81 bits per heavy atom. The molecule has 132 valence electrons. The summed E-state index contributed by atoms with van der Waals surface area (Å²) in [4.78, 5) is 14.6. The summed E-state index contributed by atoms with van der Waals surface area (Å²) in [7, 11) is 0. The van der Waals surface area contributed by atoms with Crippen molar-refractivity contribution in [1.82, 2.24) is 0 Å². The number of rotatable bonds is 7. The summed E-state index contributed by atoms with van der Waals surface area (Å²) in [6.45, 7) is 3.62. The van der Waals surface area contributed by atoms with Crippen LogP contribution < -0.4 is 4.90 Å². The number of hydrogen-bond acceptors (Lipinski definition) is 3. The van der Waals surface area contributed by atoms with Crippen LogP contribution in [0.2, 0.25) is 0 Å². The molecular weight excluding hydrogens is 322 g/mol. The lowest BCUT2D eigenvalue weighted by atomic mass is 10.1. The van der Waals surface area contributed by atoms with E-state index >= 15 is 0 Å². The number of anilines is 1. The summed E-state index contributed by atoms with van der Waals surface area (Å²) in [5, 5.41) is 0. The highest BCUT2D eigenvalue weighted by Crippen LogP contribution is 2.25. The third-order valence-corrected chi connectivity index (χ3v) is 4.17. The van der Waals surface area contributed by atoms with Crippen LogP contribution >= 0.6 is 0 Å². The lowest BCUT2D eigenvalue weighted by Gasteiger charge is -2.27. The first kappa shape index (κ1) is 17.7. The number of benzene rings is 3. The second kappa shape index (κ2) is 8.86. The molecule has 3 rings (SSSR count). The Morgan fingerprint density at radius 1 is 0.769 bits per heavy atom. The van der Waals surface area contributed by atoms with Gasteiger partial charge in [-0.3, -0.25) is 0 Å². The van der Waals surface area contributed by atoms with Crippen LogP contribution in [-0.2, 0) is 17.8 Å². The number of nitrogens with zero attached hydrogens (tertiary/aromatic N) is 1. The molecule has 0 aliphatic carbocycles. The van der Waals surface area contributed by atoms with Gasteiger partial charge >= 0.3 is 5.97 Å². The van der Waals surface area contributed by atoms with Gasteiger partial charge in [-0.25, -0.2) is 4.79 Å². The predicted octanol–water partition coefficient (Wildman–Crippen LogP) is 5.07. The molecule has 26 heavy (non-hydrogen) atoms. The summed E-state index contributed by atoms with van der Waals surface area (Å²) in [6.07, 6.45) is 0. The number of ether oxygens (including phenoxy) is 1. The molecule has 3 heteroatoms. The zero-order valence-corrected chi connectivity index (χ0v) is 15.0. The maximum Gasteiger partial charge on any atom is 0.340 e. The Labute approximate surface area is 154 Å².